The Labute approximate surface area is 111 Å². The van der Waals surface area contributed by atoms with Crippen LogP contribution < -0.4 is 11.1 Å². The first-order valence-corrected chi connectivity index (χ1v) is 6.54. The Hall–Kier alpha value is -0.280. The van der Waals surface area contributed by atoms with Crippen molar-refractivity contribution in [2.45, 2.75) is 70.9 Å². The quantitative estimate of drug-likeness (QED) is 0.818. The molecule has 0 radical (unpaired) electrons. The Morgan fingerprint density at radius 1 is 1.47 bits per heavy atom. The molecule has 1 fully saturated rings. The molecule has 0 saturated heterocycles. The van der Waals surface area contributed by atoms with E-state index in [2.05, 4.69) is 26.1 Å². The van der Waals surface area contributed by atoms with E-state index in [-0.39, 0.29) is 29.9 Å². The number of carbonyl (C=O) groups is 1. The van der Waals surface area contributed by atoms with Crippen LogP contribution in [0.5, 0.6) is 0 Å². The summed E-state index contributed by atoms with van der Waals surface area (Å²) in [4.78, 5) is 11.9. The fourth-order valence-corrected chi connectivity index (χ4v) is 2.36. The lowest BCUT2D eigenvalue weighted by atomic mass is 9.78. The van der Waals surface area contributed by atoms with E-state index in [1.54, 1.807) is 0 Å². The zero-order chi connectivity index (χ0) is 12.2. The first-order chi connectivity index (χ1) is 7.47. The molecule has 0 bridgehead atoms. The molecule has 0 aromatic heterocycles. The molecule has 102 valence electrons. The Balaban J connectivity index is 0.00000256. The van der Waals surface area contributed by atoms with E-state index >= 15 is 0 Å². The molecule has 0 heterocycles. The second-order valence-corrected chi connectivity index (χ2v) is 5.63. The van der Waals surface area contributed by atoms with Crippen LogP contribution in [0.25, 0.3) is 0 Å². The molecule has 1 rings (SSSR count). The molecule has 1 unspecified atom stereocenters. The molecule has 3 N–H and O–H groups in total. The monoisotopic (exact) mass is 262 g/mol. The molecule has 1 amide bonds. The fourth-order valence-electron chi connectivity index (χ4n) is 2.36. The zero-order valence-corrected chi connectivity index (χ0v) is 12.1. The minimum atomic E-state index is -0.332. The highest BCUT2D eigenvalue weighted by Gasteiger charge is 2.31. The summed E-state index contributed by atoms with van der Waals surface area (Å²) < 4.78 is 0. The van der Waals surface area contributed by atoms with Gasteiger partial charge in [-0.05, 0) is 44.9 Å². The van der Waals surface area contributed by atoms with Gasteiger partial charge in [-0.25, -0.2) is 0 Å². The maximum atomic E-state index is 11.9. The van der Waals surface area contributed by atoms with Gasteiger partial charge in [0.1, 0.15) is 0 Å². The molecular formula is C13H27ClN2O. The van der Waals surface area contributed by atoms with Crippen molar-refractivity contribution in [1.29, 1.82) is 0 Å². The van der Waals surface area contributed by atoms with E-state index in [0.717, 1.165) is 31.6 Å². The van der Waals surface area contributed by atoms with Crippen LogP contribution in [0.3, 0.4) is 0 Å². The van der Waals surface area contributed by atoms with Crippen LogP contribution in [0, 0.1) is 5.92 Å². The van der Waals surface area contributed by atoms with Gasteiger partial charge in [-0.1, -0.05) is 20.3 Å². The summed E-state index contributed by atoms with van der Waals surface area (Å²) in [5.74, 6) is 0.827. The van der Waals surface area contributed by atoms with E-state index < -0.39 is 0 Å². The van der Waals surface area contributed by atoms with Crippen molar-refractivity contribution in [1.82, 2.24) is 5.32 Å². The molecule has 3 nitrogen and oxygen atoms in total. The van der Waals surface area contributed by atoms with Gasteiger partial charge in [0.05, 0.1) is 6.04 Å². The van der Waals surface area contributed by atoms with Gasteiger partial charge in [0.25, 0.3) is 0 Å². The molecular weight excluding hydrogens is 236 g/mol. The lowest BCUT2D eigenvalue weighted by Gasteiger charge is -2.37. The summed E-state index contributed by atoms with van der Waals surface area (Å²) >= 11 is 0. The number of halogens is 1. The molecule has 4 heteroatoms. The lowest BCUT2D eigenvalue weighted by molar-refractivity contribution is -0.124. The minimum absolute atomic E-state index is 0. The van der Waals surface area contributed by atoms with Crippen LogP contribution >= 0.6 is 12.4 Å². The molecule has 1 aliphatic carbocycles. The Morgan fingerprint density at radius 3 is 2.47 bits per heavy atom. The van der Waals surface area contributed by atoms with E-state index in [0.29, 0.717) is 0 Å². The maximum Gasteiger partial charge on any atom is 0.237 e. The molecule has 1 aliphatic rings. The predicted octanol–water partition coefficient (Wildman–Crippen LogP) is 2.62. The summed E-state index contributed by atoms with van der Waals surface area (Å²) in [5, 5.41) is 3.14. The highest BCUT2D eigenvalue weighted by molar-refractivity contribution is 5.85. The predicted molar refractivity (Wildman–Crippen MR) is 74.3 cm³/mol. The third kappa shape index (κ3) is 5.26. The number of carbonyl (C=O) groups excluding carboxylic acids is 1. The van der Waals surface area contributed by atoms with E-state index in [9.17, 15) is 4.79 Å². The standard InChI is InChI=1S/C13H26N2O.ClH/c1-4-5-11(14)12(16)15-13(3)8-6-10(2)7-9-13;/h10-11H,4-9,14H2,1-3H3,(H,15,16);1H. The Kier molecular flexibility index (Phi) is 7.10. The van der Waals surface area contributed by atoms with Crippen LogP contribution in [-0.2, 0) is 4.79 Å². The number of nitrogens with one attached hydrogen (secondary N) is 1. The van der Waals surface area contributed by atoms with Gasteiger partial charge in [0, 0.05) is 5.54 Å². The molecule has 0 aliphatic heterocycles. The summed E-state index contributed by atoms with van der Waals surface area (Å²) in [6.45, 7) is 6.48. The molecule has 0 aromatic carbocycles. The second kappa shape index (κ2) is 7.22. The van der Waals surface area contributed by atoms with Gasteiger partial charge in [0.15, 0.2) is 0 Å². The summed E-state index contributed by atoms with van der Waals surface area (Å²) in [6.07, 6.45) is 6.32. The van der Waals surface area contributed by atoms with Crippen molar-refractivity contribution < 1.29 is 4.79 Å². The van der Waals surface area contributed by atoms with Crippen LogP contribution in [0.15, 0.2) is 0 Å². The van der Waals surface area contributed by atoms with Gasteiger partial charge in [-0.15, -0.1) is 12.4 Å². The van der Waals surface area contributed by atoms with Gasteiger partial charge >= 0.3 is 0 Å². The minimum Gasteiger partial charge on any atom is -0.350 e. The number of nitrogens with two attached hydrogens (primary N) is 1. The van der Waals surface area contributed by atoms with Crippen molar-refractivity contribution in [3.05, 3.63) is 0 Å². The SMILES string of the molecule is CCCC(N)C(=O)NC1(C)CCC(C)CC1.Cl. The molecule has 0 aromatic rings. The maximum absolute atomic E-state index is 11.9. The van der Waals surface area contributed by atoms with Crippen molar-refractivity contribution >= 4 is 18.3 Å². The average Bonchev–Trinajstić information content (AvgIpc) is 2.23. The molecule has 1 atom stereocenters. The van der Waals surface area contributed by atoms with Crippen molar-refractivity contribution in [3.63, 3.8) is 0 Å². The van der Waals surface area contributed by atoms with Crippen LogP contribution in [-0.4, -0.2) is 17.5 Å². The van der Waals surface area contributed by atoms with Crippen LogP contribution in [0.1, 0.15) is 59.3 Å². The van der Waals surface area contributed by atoms with Gasteiger partial charge in [-0.3, -0.25) is 4.79 Å². The average molecular weight is 263 g/mol. The zero-order valence-electron chi connectivity index (χ0n) is 11.3. The highest BCUT2D eigenvalue weighted by atomic mass is 35.5. The van der Waals surface area contributed by atoms with Gasteiger partial charge in [-0.2, -0.15) is 0 Å². The summed E-state index contributed by atoms with van der Waals surface area (Å²) in [7, 11) is 0. The van der Waals surface area contributed by atoms with Gasteiger partial charge in [0.2, 0.25) is 5.91 Å². The van der Waals surface area contributed by atoms with E-state index in [1.165, 1.54) is 12.8 Å². The summed E-state index contributed by atoms with van der Waals surface area (Å²) in [5.41, 5.74) is 5.80. The van der Waals surface area contributed by atoms with Crippen molar-refractivity contribution in [2.24, 2.45) is 11.7 Å². The van der Waals surface area contributed by atoms with Crippen LogP contribution in [0.4, 0.5) is 0 Å². The number of hydrogen-bond acceptors (Lipinski definition) is 2. The molecule has 17 heavy (non-hydrogen) atoms. The van der Waals surface area contributed by atoms with Crippen LogP contribution in [0.2, 0.25) is 0 Å². The first-order valence-electron chi connectivity index (χ1n) is 6.54. The Bertz CT molecular complexity index is 238. The highest BCUT2D eigenvalue weighted by Crippen LogP contribution is 2.31. The topological polar surface area (TPSA) is 55.1 Å². The smallest absolute Gasteiger partial charge is 0.237 e. The normalized spacial score (nSPS) is 30.2. The van der Waals surface area contributed by atoms with Crippen molar-refractivity contribution in [3.8, 4) is 0 Å². The van der Waals surface area contributed by atoms with Crippen molar-refractivity contribution in [2.75, 3.05) is 0 Å². The number of rotatable bonds is 4. The first kappa shape index (κ1) is 16.7. The summed E-state index contributed by atoms with van der Waals surface area (Å²) in [6, 6.07) is -0.332. The molecule has 0 spiro atoms. The third-order valence-corrected chi connectivity index (χ3v) is 3.74. The second-order valence-electron chi connectivity index (χ2n) is 5.63. The lowest BCUT2D eigenvalue weighted by Crippen LogP contribution is -2.53. The molecule has 1 saturated carbocycles. The van der Waals surface area contributed by atoms with E-state index in [1.807, 2.05) is 0 Å². The number of amides is 1. The largest absolute Gasteiger partial charge is 0.350 e. The van der Waals surface area contributed by atoms with E-state index in [4.69, 9.17) is 5.73 Å². The number of hydrogen-bond donors (Lipinski definition) is 2. The third-order valence-electron chi connectivity index (χ3n) is 3.74. The van der Waals surface area contributed by atoms with Gasteiger partial charge < -0.3 is 11.1 Å². The fraction of sp³-hybridized carbons (Fsp3) is 0.923. The Morgan fingerprint density at radius 2 is 2.00 bits per heavy atom.